The molecule has 1 aliphatic rings. The first-order valence-electron chi connectivity index (χ1n) is 9.63. The number of cyclic esters (lactones) is 1. The van der Waals surface area contributed by atoms with Gasteiger partial charge in [-0.25, -0.2) is 9.59 Å². The summed E-state index contributed by atoms with van der Waals surface area (Å²) in [5.74, 6) is 0. The predicted molar refractivity (Wildman–Crippen MR) is 106 cm³/mol. The predicted octanol–water partition coefficient (Wildman–Crippen LogP) is 3.01. The number of amides is 2. The maximum atomic E-state index is 12.3. The van der Waals surface area contributed by atoms with Gasteiger partial charge in [-0.15, -0.1) is 0 Å². The molecule has 0 bridgehead atoms. The zero-order valence-electron chi connectivity index (χ0n) is 17.3. The number of carbonyl (C=O) groups is 2. The molecule has 0 spiro atoms. The molecule has 1 heterocycles. The number of hydrogen-bond acceptors (Lipinski definition) is 5. The van der Waals surface area contributed by atoms with E-state index in [9.17, 15) is 14.7 Å². The van der Waals surface area contributed by atoms with E-state index >= 15 is 0 Å². The Balaban J connectivity index is 2.15. The van der Waals surface area contributed by atoms with Crippen LogP contribution in [-0.2, 0) is 15.9 Å². The fraction of sp³-hybridized carbons (Fsp3) is 0.619. The molecule has 0 unspecified atom stereocenters. The van der Waals surface area contributed by atoms with Gasteiger partial charge >= 0.3 is 12.2 Å². The Labute approximate surface area is 166 Å². The van der Waals surface area contributed by atoms with Crippen molar-refractivity contribution in [1.29, 1.82) is 0 Å². The van der Waals surface area contributed by atoms with E-state index < -0.39 is 41.4 Å². The molecule has 0 saturated carbocycles. The van der Waals surface area contributed by atoms with E-state index in [1.807, 2.05) is 44.2 Å². The van der Waals surface area contributed by atoms with E-state index in [0.717, 1.165) is 5.56 Å². The van der Waals surface area contributed by atoms with Crippen LogP contribution in [-0.4, -0.2) is 47.7 Å². The summed E-state index contributed by atoms with van der Waals surface area (Å²) in [6.45, 7) is 9.35. The fourth-order valence-electron chi connectivity index (χ4n) is 3.24. The first-order chi connectivity index (χ1) is 13.0. The average Bonchev–Trinajstić information content (AvgIpc) is 2.59. The highest BCUT2D eigenvalue weighted by Gasteiger charge is 2.44. The number of nitrogens with one attached hydrogen (secondary N) is 2. The Kier molecular flexibility index (Phi) is 6.93. The van der Waals surface area contributed by atoms with Crippen LogP contribution in [0.5, 0.6) is 0 Å². The molecule has 0 aliphatic carbocycles. The van der Waals surface area contributed by atoms with Crippen LogP contribution in [0.4, 0.5) is 9.59 Å². The summed E-state index contributed by atoms with van der Waals surface area (Å²) in [5.41, 5.74) is -0.0417. The third-order valence-electron chi connectivity index (χ3n) is 4.73. The molecule has 1 saturated heterocycles. The molecular formula is C21H32N2O5. The van der Waals surface area contributed by atoms with Crippen molar-refractivity contribution >= 4 is 12.2 Å². The van der Waals surface area contributed by atoms with Gasteiger partial charge in [0.25, 0.3) is 0 Å². The summed E-state index contributed by atoms with van der Waals surface area (Å²) in [7, 11) is 0. The van der Waals surface area contributed by atoms with Crippen molar-refractivity contribution in [2.75, 3.05) is 6.61 Å². The highest BCUT2D eigenvalue weighted by Crippen LogP contribution is 2.29. The average molecular weight is 392 g/mol. The van der Waals surface area contributed by atoms with Gasteiger partial charge in [-0.3, -0.25) is 0 Å². The quantitative estimate of drug-likeness (QED) is 0.691. The van der Waals surface area contributed by atoms with Gasteiger partial charge in [-0.1, -0.05) is 44.2 Å². The Morgan fingerprint density at radius 1 is 1.36 bits per heavy atom. The minimum Gasteiger partial charge on any atom is -0.449 e. The summed E-state index contributed by atoms with van der Waals surface area (Å²) in [5, 5.41) is 16.6. The maximum Gasteiger partial charge on any atom is 0.407 e. The molecule has 156 valence electrons. The van der Waals surface area contributed by atoms with Gasteiger partial charge in [-0.2, -0.15) is 0 Å². The van der Waals surface area contributed by atoms with Gasteiger partial charge in [0.15, 0.2) is 0 Å². The van der Waals surface area contributed by atoms with Gasteiger partial charge in [-0.05, 0) is 39.2 Å². The summed E-state index contributed by atoms with van der Waals surface area (Å²) in [6, 6.07) is 8.67. The lowest BCUT2D eigenvalue weighted by Gasteiger charge is -2.43. The monoisotopic (exact) mass is 392 g/mol. The zero-order chi connectivity index (χ0) is 20.9. The second-order valence-corrected chi connectivity index (χ2v) is 8.95. The van der Waals surface area contributed by atoms with Crippen LogP contribution < -0.4 is 10.6 Å². The van der Waals surface area contributed by atoms with Crippen LogP contribution in [0.2, 0.25) is 0 Å². The molecule has 0 radical (unpaired) electrons. The molecule has 2 amide bonds. The van der Waals surface area contributed by atoms with Gasteiger partial charge in [0.2, 0.25) is 0 Å². The fourth-order valence-corrected chi connectivity index (χ4v) is 3.24. The normalized spacial score (nSPS) is 21.1. The van der Waals surface area contributed by atoms with Gasteiger partial charge in [0, 0.05) is 5.41 Å². The van der Waals surface area contributed by atoms with Crippen LogP contribution in [0.1, 0.15) is 46.6 Å². The summed E-state index contributed by atoms with van der Waals surface area (Å²) in [4.78, 5) is 24.1. The van der Waals surface area contributed by atoms with Crippen molar-refractivity contribution in [3.8, 4) is 0 Å². The van der Waals surface area contributed by atoms with Crippen molar-refractivity contribution in [2.45, 2.75) is 71.2 Å². The molecular weight excluding hydrogens is 360 g/mol. The largest absolute Gasteiger partial charge is 0.449 e. The number of ether oxygens (including phenoxy) is 2. The second-order valence-electron chi connectivity index (χ2n) is 8.95. The van der Waals surface area contributed by atoms with Crippen LogP contribution in [0.3, 0.4) is 0 Å². The van der Waals surface area contributed by atoms with E-state index in [1.165, 1.54) is 0 Å². The molecule has 7 heteroatoms. The molecule has 1 aromatic carbocycles. The first-order valence-corrected chi connectivity index (χ1v) is 9.63. The van der Waals surface area contributed by atoms with E-state index in [4.69, 9.17) is 9.47 Å². The number of aryl methyl sites for hydroxylation is 1. The molecule has 3 atom stereocenters. The van der Waals surface area contributed by atoms with Gasteiger partial charge in [0.05, 0.1) is 18.2 Å². The van der Waals surface area contributed by atoms with E-state index in [0.29, 0.717) is 12.8 Å². The van der Waals surface area contributed by atoms with E-state index in [-0.39, 0.29) is 6.61 Å². The number of hydrogen-bond donors (Lipinski definition) is 3. The minimum absolute atomic E-state index is 0.193. The SMILES string of the molecule is CC(C)(C)OC(=O)N[C@@H](CCc1ccccc1)[C@@H](O)[C@H]1NC(=O)OCC1(C)C. The molecule has 1 fully saturated rings. The maximum absolute atomic E-state index is 12.3. The lowest BCUT2D eigenvalue weighted by Crippen LogP contribution is -2.63. The van der Waals surface area contributed by atoms with Crippen molar-refractivity contribution in [3.05, 3.63) is 35.9 Å². The molecule has 28 heavy (non-hydrogen) atoms. The number of aliphatic hydroxyl groups is 1. The van der Waals surface area contributed by atoms with Crippen molar-refractivity contribution in [1.82, 2.24) is 10.6 Å². The van der Waals surface area contributed by atoms with Crippen molar-refractivity contribution in [3.63, 3.8) is 0 Å². The summed E-state index contributed by atoms with van der Waals surface area (Å²) >= 11 is 0. The number of aliphatic hydroxyl groups excluding tert-OH is 1. The molecule has 1 aromatic rings. The van der Waals surface area contributed by atoms with Gasteiger partial charge < -0.3 is 25.2 Å². The highest BCUT2D eigenvalue weighted by molar-refractivity contribution is 5.69. The number of carbonyl (C=O) groups excluding carboxylic acids is 2. The van der Waals surface area contributed by atoms with Crippen LogP contribution in [0.15, 0.2) is 30.3 Å². The zero-order valence-corrected chi connectivity index (χ0v) is 17.3. The van der Waals surface area contributed by atoms with Crippen LogP contribution in [0, 0.1) is 5.41 Å². The Morgan fingerprint density at radius 2 is 2.00 bits per heavy atom. The summed E-state index contributed by atoms with van der Waals surface area (Å²) < 4.78 is 10.4. The highest BCUT2D eigenvalue weighted by atomic mass is 16.6. The molecule has 7 nitrogen and oxygen atoms in total. The topological polar surface area (TPSA) is 96.9 Å². The standard InChI is InChI=1S/C21H32N2O5/c1-20(2,3)28-19(26)22-15(12-11-14-9-7-6-8-10-14)16(24)17-21(4,5)13-27-18(25)23-17/h6-10,15-17,24H,11-13H2,1-5H3,(H,22,26)(H,23,25)/t15-,16+,17+/m0/s1. The molecule has 3 N–H and O–H groups in total. The van der Waals surface area contributed by atoms with Crippen molar-refractivity contribution in [2.24, 2.45) is 5.41 Å². The molecule has 2 rings (SSSR count). The third-order valence-corrected chi connectivity index (χ3v) is 4.73. The lowest BCUT2D eigenvalue weighted by molar-refractivity contribution is -0.0270. The second kappa shape index (κ2) is 8.82. The Morgan fingerprint density at radius 3 is 2.61 bits per heavy atom. The first kappa shape index (κ1) is 22.0. The smallest absolute Gasteiger partial charge is 0.407 e. The molecule has 0 aromatic heterocycles. The number of benzene rings is 1. The van der Waals surface area contributed by atoms with Crippen LogP contribution in [0.25, 0.3) is 0 Å². The Bertz CT molecular complexity index is 669. The van der Waals surface area contributed by atoms with E-state index in [2.05, 4.69) is 10.6 Å². The third kappa shape index (κ3) is 6.41. The minimum atomic E-state index is -1.00. The number of alkyl carbamates (subject to hydrolysis) is 2. The Hall–Kier alpha value is -2.28. The van der Waals surface area contributed by atoms with Crippen LogP contribution >= 0.6 is 0 Å². The molecule has 1 aliphatic heterocycles. The lowest BCUT2D eigenvalue weighted by atomic mass is 9.78. The van der Waals surface area contributed by atoms with Gasteiger partial charge in [0.1, 0.15) is 12.2 Å². The van der Waals surface area contributed by atoms with Crippen molar-refractivity contribution < 1.29 is 24.2 Å². The number of rotatable bonds is 6. The summed E-state index contributed by atoms with van der Waals surface area (Å²) in [6.07, 6.45) is -1.01. The van der Waals surface area contributed by atoms with E-state index in [1.54, 1.807) is 20.8 Å².